The van der Waals surface area contributed by atoms with E-state index in [4.69, 9.17) is 4.74 Å². The molecule has 2 N–H and O–H groups in total. The van der Waals surface area contributed by atoms with Crippen LogP contribution in [0.5, 0.6) is 0 Å². The number of methoxy groups -OCH3 is 1. The SMILES string of the molecule is CN.COC(=O)c1cc(-c2nc(-c3ccccc3)cs2)c(C)s1. The van der Waals surface area contributed by atoms with Gasteiger partial charge in [0.15, 0.2) is 0 Å². The third kappa shape index (κ3) is 3.85. The van der Waals surface area contributed by atoms with E-state index in [2.05, 4.69) is 10.7 Å². The van der Waals surface area contributed by atoms with Crippen molar-refractivity contribution < 1.29 is 9.53 Å². The lowest BCUT2D eigenvalue weighted by Gasteiger charge is -1.95. The van der Waals surface area contributed by atoms with Crippen molar-refractivity contribution in [1.82, 2.24) is 4.98 Å². The summed E-state index contributed by atoms with van der Waals surface area (Å²) >= 11 is 3.03. The molecule has 0 aliphatic heterocycles. The number of rotatable bonds is 3. The summed E-state index contributed by atoms with van der Waals surface area (Å²) in [7, 11) is 2.90. The van der Waals surface area contributed by atoms with Crippen LogP contribution in [0.3, 0.4) is 0 Å². The molecule has 0 atom stereocenters. The topological polar surface area (TPSA) is 65.2 Å². The summed E-state index contributed by atoms with van der Waals surface area (Å²) < 4.78 is 4.77. The number of aryl methyl sites for hydroxylation is 1. The maximum absolute atomic E-state index is 11.6. The standard InChI is InChI=1S/C16H13NO2S2.CH5N/c1-10-12(8-14(21-10)16(18)19-2)15-17-13(9-20-15)11-6-4-3-5-7-11;1-2/h3-9H,1-2H3;2H2,1H3. The summed E-state index contributed by atoms with van der Waals surface area (Å²) in [5, 5.41) is 2.97. The number of nitrogens with two attached hydrogens (primary N) is 1. The Balaban J connectivity index is 0.000000924. The van der Waals surface area contributed by atoms with Gasteiger partial charge in [-0.2, -0.15) is 0 Å². The average molecular weight is 346 g/mol. The zero-order chi connectivity index (χ0) is 16.8. The Bertz CT molecular complexity index is 779. The van der Waals surface area contributed by atoms with Gasteiger partial charge in [0.05, 0.1) is 12.8 Å². The molecule has 2 heterocycles. The number of hydrogen-bond donors (Lipinski definition) is 1. The number of carbonyl (C=O) groups excluding carboxylic acids is 1. The van der Waals surface area contributed by atoms with Gasteiger partial charge in [0.1, 0.15) is 9.88 Å². The van der Waals surface area contributed by atoms with E-state index >= 15 is 0 Å². The van der Waals surface area contributed by atoms with Crippen LogP contribution in [0.4, 0.5) is 0 Å². The number of hydrogen-bond acceptors (Lipinski definition) is 6. The summed E-state index contributed by atoms with van der Waals surface area (Å²) in [6.45, 7) is 2.00. The molecule has 0 aliphatic rings. The molecule has 0 saturated heterocycles. The van der Waals surface area contributed by atoms with Gasteiger partial charge in [-0.15, -0.1) is 22.7 Å². The molecular formula is C17H18N2O2S2. The largest absolute Gasteiger partial charge is 0.465 e. The Hall–Kier alpha value is -2.02. The molecule has 4 nitrogen and oxygen atoms in total. The molecule has 23 heavy (non-hydrogen) atoms. The van der Waals surface area contributed by atoms with E-state index in [1.165, 1.54) is 25.5 Å². The smallest absolute Gasteiger partial charge is 0.348 e. The second kappa shape index (κ2) is 8.01. The highest BCUT2D eigenvalue weighted by Crippen LogP contribution is 2.35. The molecule has 1 aromatic carbocycles. The second-order valence-electron chi connectivity index (χ2n) is 4.48. The summed E-state index contributed by atoms with van der Waals surface area (Å²) in [4.78, 5) is 18.0. The van der Waals surface area contributed by atoms with Crippen LogP contribution in [-0.2, 0) is 4.74 Å². The Kier molecular flexibility index (Phi) is 6.04. The van der Waals surface area contributed by atoms with Gasteiger partial charge in [-0.05, 0) is 20.0 Å². The summed E-state index contributed by atoms with van der Waals surface area (Å²) in [6, 6.07) is 11.9. The number of thiophene rings is 1. The summed E-state index contributed by atoms with van der Waals surface area (Å²) in [5.74, 6) is -0.297. The molecule has 0 spiro atoms. The van der Waals surface area contributed by atoms with E-state index in [9.17, 15) is 4.79 Å². The van der Waals surface area contributed by atoms with Crippen LogP contribution in [-0.4, -0.2) is 25.1 Å². The van der Waals surface area contributed by atoms with E-state index in [-0.39, 0.29) is 5.97 Å². The number of aromatic nitrogens is 1. The van der Waals surface area contributed by atoms with Crippen LogP contribution in [0.1, 0.15) is 14.5 Å². The van der Waals surface area contributed by atoms with Gasteiger partial charge in [0.2, 0.25) is 0 Å². The Morgan fingerprint density at radius 3 is 2.57 bits per heavy atom. The molecule has 6 heteroatoms. The van der Waals surface area contributed by atoms with Crippen LogP contribution in [0.2, 0.25) is 0 Å². The Labute approximate surface area is 143 Å². The normalized spacial score (nSPS) is 9.91. The maximum atomic E-state index is 11.6. The fourth-order valence-corrected chi connectivity index (χ4v) is 3.94. The zero-order valence-corrected chi connectivity index (χ0v) is 14.8. The number of esters is 1. The predicted octanol–water partition coefficient (Wildman–Crippen LogP) is 4.21. The quantitative estimate of drug-likeness (QED) is 0.722. The van der Waals surface area contributed by atoms with Crippen LogP contribution in [0.15, 0.2) is 41.8 Å². The fraction of sp³-hybridized carbons (Fsp3) is 0.176. The predicted molar refractivity (Wildman–Crippen MR) is 97.1 cm³/mol. The first-order valence-corrected chi connectivity index (χ1v) is 8.66. The van der Waals surface area contributed by atoms with E-state index < -0.39 is 0 Å². The summed E-state index contributed by atoms with van der Waals surface area (Å²) in [6.07, 6.45) is 0. The number of benzene rings is 1. The van der Waals surface area contributed by atoms with E-state index in [1.54, 1.807) is 11.3 Å². The molecule has 0 bridgehead atoms. The third-order valence-electron chi connectivity index (χ3n) is 3.11. The molecule has 0 fully saturated rings. The number of carbonyl (C=O) groups is 1. The molecule has 0 unspecified atom stereocenters. The maximum Gasteiger partial charge on any atom is 0.348 e. The minimum Gasteiger partial charge on any atom is -0.465 e. The molecule has 3 aromatic rings. The first kappa shape index (κ1) is 17.3. The lowest BCUT2D eigenvalue weighted by molar-refractivity contribution is 0.0606. The third-order valence-corrected chi connectivity index (χ3v) is 5.01. The zero-order valence-electron chi connectivity index (χ0n) is 13.2. The van der Waals surface area contributed by atoms with Gasteiger partial charge in [-0.3, -0.25) is 0 Å². The highest BCUT2D eigenvalue weighted by Gasteiger charge is 2.16. The molecule has 0 amide bonds. The second-order valence-corrected chi connectivity index (χ2v) is 6.59. The van der Waals surface area contributed by atoms with Gasteiger partial charge in [-0.1, -0.05) is 30.3 Å². The van der Waals surface area contributed by atoms with Crippen LogP contribution >= 0.6 is 22.7 Å². The van der Waals surface area contributed by atoms with E-state index in [0.29, 0.717) is 4.88 Å². The first-order chi connectivity index (χ1) is 11.2. The van der Waals surface area contributed by atoms with Crippen molar-refractivity contribution in [2.75, 3.05) is 14.2 Å². The lowest BCUT2D eigenvalue weighted by atomic mass is 10.2. The van der Waals surface area contributed by atoms with Crippen molar-refractivity contribution in [2.24, 2.45) is 5.73 Å². The molecule has 0 radical (unpaired) electrons. The van der Waals surface area contributed by atoms with E-state index in [1.807, 2.05) is 48.7 Å². The fourth-order valence-electron chi connectivity index (χ4n) is 2.03. The van der Waals surface area contributed by atoms with Crippen LogP contribution in [0.25, 0.3) is 21.8 Å². The molecular weight excluding hydrogens is 328 g/mol. The van der Waals surface area contributed by atoms with Crippen LogP contribution in [0, 0.1) is 6.92 Å². The van der Waals surface area contributed by atoms with Gasteiger partial charge in [0, 0.05) is 21.4 Å². The van der Waals surface area contributed by atoms with Crippen molar-refractivity contribution in [1.29, 1.82) is 0 Å². The lowest BCUT2D eigenvalue weighted by Crippen LogP contribution is -1.96. The van der Waals surface area contributed by atoms with Crippen molar-refractivity contribution >= 4 is 28.6 Å². The summed E-state index contributed by atoms with van der Waals surface area (Å²) in [5.41, 5.74) is 7.56. The van der Waals surface area contributed by atoms with Crippen molar-refractivity contribution in [3.05, 3.63) is 51.5 Å². The van der Waals surface area contributed by atoms with Gasteiger partial charge in [-0.25, -0.2) is 9.78 Å². The van der Waals surface area contributed by atoms with Crippen molar-refractivity contribution in [3.63, 3.8) is 0 Å². The number of ether oxygens (including phenoxy) is 1. The first-order valence-electron chi connectivity index (χ1n) is 6.97. The average Bonchev–Trinajstić information content (AvgIpc) is 3.23. The van der Waals surface area contributed by atoms with Gasteiger partial charge < -0.3 is 10.5 Å². The van der Waals surface area contributed by atoms with Crippen LogP contribution < -0.4 is 5.73 Å². The van der Waals surface area contributed by atoms with Crippen molar-refractivity contribution in [2.45, 2.75) is 6.92 Å². The van der Waals surface area contributed by atoms with Gasteiger partial charge >= 0.3 is 5.97 Å². The molecule has 2 aromatic heterocycles. The number of nitrogens with zero attached hydrogens (tertiary/aromatic N) is 1. The highest BCUT2D eigenvalue weighted by atomic mass is 32.1. The minimum absolute atomic E-state index is 0.297. The number of thiazole rings is 1. The van der Waals surface area contributed by atoms with Gasteiger partial charge in [0.25, 0.3) is 0 Å². The Morgan fingerprint density at radius 2 is 1.91 bits per heavy atom. The molecule has 3 rings (SSSR count). The minimum atomic E-state index is -0.297. The molecule has 120 valence electrons. The highest BCUT2D eigenvalue weighted by molar-refractivity contribution is 7.16. The molecule has 0 saturated carbocycles. The monoisotopic (exact) mass is 346 g/mol. The van der Waals surface area contributed by atoms with E-state index in [0.717, 1.165) is 26.7 Å². The Morgan fingerprint density at radius 1 is 1.22 bits per heavy atom. The molecule has 0 aliphatic carbocycles. The van der Waals surface area contributed by atoms with Crippen molar-refractivity contribution in [3.8, 4) is 21.8 Å².